The van der Waals surface area contributed by atoms with Gasteiger partial charge in [-0.15, -0.1) is 0 Å². The number of carbonyl (C=O) groups is 1. The van der Waals surface area contributed by atoms with Gasteiger partial charge < -0.3 is 9.47 Å². The fourth-order valence-corrected chi connectivity index (χ4v) is 4.07. The third-order valence-electron chi connectivity index (χ3n) is 5.90. The maximum Gasteiger partial charge on any atom is 0.414 e. The highest BCUT2D eigenvalue weighted by atomic mass is 16.5. The zero-order chi connectivity index (χ0) is 21.5. The van der Waals surface area contributed by atoms with Crippen molar-refractivity contribution in [3.63, 3.8) is 0 Å². The first-order valence-corrected chi connectivity index (χ1v) is 10.6. The molecule has 2 aromatic heterocycles. The highest BCUT2D eigenvalue weighted by Gasteiger charge is 2.33. The summed E-state index contributed by atoms with van der Waals surface area (Å²) in [6.07, 6.45) is 10.9. The molecular formula is C23H25N5O3. The molecule has 0 saturated heterocycles. The van der Waals surface area contributed by atoms with Crippen LogP contribution in [-0.4, -0.2) is 39.0 Å². The van der Waals surface area contributed by atoms with Gasteiger partial charge in [0.2, 0.25) is 0 Å². The van der Waals surface area contributed by atoms with E-state index in [-0.39, 0.29) is 18.1 Å². The van der Waals surface area contributed by atoms with Crippen LogP contribution in [0, 0.1) is 6.92 Å². The van der Waals surface area contributed by atoms with Crippen LogP contribution in [0.1, 0.15) is 43.4 Å². The standard InChI is InChI=1S/C23H25N5O3/c1-14-10-24-22(25-11-14)31-21-18(16-12-26-27(13-16)17-5-6-17)8-9-20-19(21)7-4-15(2)28(20)23(29)30-3/h8-13,15,17H,4-7H2,1-3H3/t15-/m0/s1. The molecule has 0 spiro atoms. The highest BCUT2D eigenvalue weighted by molar-refractivity contribution is 5.92. The lowest BCUT2D eigenvalue weighted by Crippen LogP contribution is -2.42. The van der Waals surface area contributed by atoms with Crippen molar-refractivity contribution in [1.82, 2.24) is 19.7 Å². The molecule has 3 heterocycles. The predicted octanol–water partition coefficient (Wildman–Crippen LogP) is 4.68. The third kappa shape index (κ3) is 3.62. The van der Waals surface area contributed by atoms with Gasteiger partial charge in [-0.2, -0.15) is 5.10 Å². The second-order valence-corrected chi connectivity index (χ2v) is 8.25. The van der Waals surface area contributed by atoms with Gasteiger partial charge in [-0.25, -0.2) is 14.8 Å². The van der Waals surface area contributed by atoms with Gasteiger partial charge in [0, 0.05) is 41.3 Å². The number of aromatic nitrogens is 4. The topological polar surface area (TPSA) is 82.4 Å². The van der Waals surface area contributed by atoms with Gasteiger partial charge in [0.1, 0.15) is 5.75 Å². The second kappa shape index (κ2) is 7.68. The summed E-state index contributed by atoms with van der Waals surface area (Å²) in [5, 5.41) is 4.54. The highest BCUT2D eigenvalue weighted by Crippen LogP contribution is 2.45. The van der Waals surface area contributed by atoms with E-state index < -0.39 is 0 Å². The van der Waals surface area contributed by atoms with Gasteiger partial charge in [0.15, 0.2) is 0 Å². The predicted molar refractivity (Wildman–Crippen MR) is 115 cm³/mol. The molecule has 2 aliphatic rings. The molecule has 1 atom stereocenters. The smallest absolute Gasteiger partial charge is 0.414 e. The van der Waals surface area contributed by atoms with E-state index in [0.29, 0.717) is 11.8 Å². The Kier molecular flexibility index (Phi) is 4.84. The summed E-state index contributed by atoms with van der Waals surface area (Å²) >= 11 is 0. The number of amides is 1. The summed E-state index contributed by atoms with van der Waals surface area (Å²) in [5.74, 6) is 0.664. The Labute approximate surface area is 180 Å². The van der Waals surface area contributed by atoms with E-state index in [4.69, 9.17) is 9.47 Å². The van der Waals surface area contributed by atoms with E-state index in [1.807, 2.05) is 36.9 Å². The number of aryl methyl sites for hydroxylation is 1. The summed E-state index contributed by atoms with van der Waals surface area (Å²) in [6, 6.07) is 4.75. The van der Waals surface area contributed by atoms with Crippen molar-refractivity contribution in [1.29, 1.82) is 0 Å². The number of hydrogen-bond donors (Lipinski definition) is 0. The number of fused-ring (bicyclic) bond motifs is 1. The average Bonchev–Trinajstić information content (AvgIpc) is 3.52. The molecule has 1 aliphatic carbocycles. The Bertz CT molecular complexity index is 1120. The van der Waals surface area contributed by atoms with Gasteiger partial charge in [-0.05, 0) is 57.2 Å². The SMILES string of the molecule is COC(=O)N1c2ccc(-c3cnn(C4CC4)c3)c(Oc3ncc(C)cn3)c2CC[C@@H]1C. The van der Waals surface area contributed by atoms with Crippen molar-refractivity contribution in [2.24, 2.45) is 0 Å². The first-order valence-electron chi connectivity index (χ1n) is 10.6. The number of anilines is 1. The van der Waals surface area contributed by atoms with Crippen molar-refractivity contribution in [2.75, 3.05) is 12.0 Å². The van der Waals surface area contributed by atoms with Crippen LogP contribution in [0.25, 0.3) is 11.1 Å². The summed E-state index contributed by atoms with van der Waals surface area (Å²) in [5.41, 5.74) is 4.59. The number of hydrogen-bond acceptors (Lipinski definition) is 6. The lowest BCUT2D eigenvalue weighted by atomic mass is 9.92. The van der Waals surface area contributed by atoms with Crippen LogP contribution < -0.4 is 9.64 Å². The van der Waals surface area contributed by atoms with Crippen molar-refractivity contribution >= 4 is 11.8 Å². The number of carbonyl (C=O) groups excluding carboxylic acids is 1. The number of ether oxygens (including phenoxy) is 2. The molecule has 3 aromatic rings. The first-order chi connectivity index (χ1) is 15.0. The van der Waals surface area contributed by atoms with Crippen molar-refractivity contribution < 1.29 is 14.3 Å². The minimum absolute atomic E-state index is 0.0342. The summed E-state index contributed by atoms with van der Waals surface area (Å²) < 4.78 is 13.3. The van der Waals surface area contributed by atoms with E-state index in [2.05, 4.69) is 21.3 Å². The maximum atomic E-state index is 12.5. The molecule has 1 amide bonds. The lowest BCUT2D eigenvalue weighted by molar-refractivity contribution is 0.175. The molecule has 31 heavy (non-hydrogen) atoms. The Balaban J connectivity index is 1.63. The largest absolute Gasteiger partial charge is 0.452 e. The minimum atomic E-state index is -0.375. The quantitative estimate of drug-likeness (QED) is 0.610. The molecule has 8 nitrogen and oxygen atoms in total. The zero-order valence-electron chi connectivity index (χ0n) is 17.9. The molecule has 1 saturated carbocycles. The Morgan fingerprint density at radius 1 is 1.13 bits per heavy atom. The van der Waals surface area contributed by atoms with Crippen molar-refractivity contribution in [3.05, 3.63) is 48.0 Å². The van der Waals surface area contributed by atoms with E-state index in [9.17, 15) is 4.79 Å². The van der Waals surface area contributed by atoms with Gasteiger partial charge >= 0.3 is 12.1 Å². The Morgan fingerprint density at radius 2 is 1.90 bits per heavy atom. The van der Waals surface area contributed by atoms with Gasteiger partial charge in [0.05, 0.1) is 25.0 Å². The number of methoxy groups -OCH3 is 1. The fourth-order valence-electron chi connectivity index (χ4n) is 4.07. The molecule has 0 unspecified atom stereocenters. The van der Waals surface area contributed by atoms with Crippen LogP contribution in [-0.2, 0) is 11.2 Å². The maximum absolute atomic E-state index is 12.5. The summed E-state index contributed by atoms with van der Waals surface area (Å²) in [6.45, 7) is 3.96. The molecule has 0 radical (unpaired) electrons. The molecule has 160 valence electrons. The molecule has 1 aliphatic heterocycles. The number of benzene rings is 1. The van der Waals surface area contributed by atoms with Crippen LogP contribution >= 0.6 is 0 Å². The van der Waals surface area contributed by atoms with Crippen LogP contribution in [0.3, 0.4) is 0 Å². The lowest BCUT2D eigenvalue weighted by Gasteiger charge is -2.35. The first kappa shape index (κ1) is 19.5. The molecule has 1 aromatic carbocycles. The molecule has 1 fully saturated rings. The molecule has 5 rings (SSSR count). The number of rotatable bonds is 4. The van der Waals surface area contributed by atoms with Crippen LogP contribution in [0.2, 0.25) is 0 Å². The van der Waals surface area contributed by atoms with Crippen molar-refractivity contribution in [3.8, 4) is 22.9 Å². The average molecular weight is 419 g/mol. The van der Waals surface area contributed by atoms with Gasteiger partial charge in [-0.1, -0.05) is 0 Å². The van der Waals surface area contributed by atoms with Crippen molar-refractivity contribution in [2.45, 2.75) is 51.6 Å². The van der Waals surface area contributed by atoms with Gasteiger partial charge in [-0.3, -0.25) is 9.58 Å². The van der Waals surface area contributed by atoms with E-state index in [1.165, 1.54) is 7.11 Å². The monoisotopic (exact) mass is 419 g/mol. The Morgan fingerprint density at radius 3 is 2.61 bits per heavy atom. The van der Waals surface area contributed by atoms with Crippen LogP contribution in [0.5, 0.6) is 11.8 Å². The molecule has 0 N–H and O–H groups in total. The molecular weight excluding hydrogens is 394 g/mol. The number of nitrogens with zero attached hydrogens (tertiary/aromatic N) is 5. The molecule has 8 heteroatoms. The van der Waals surface area contributed by atoms with Gasteiger partial charge in [0.25, 0.3) is 0 Å². The summed E-state index contributed by atoms with van der Waals surface area (Å²) in [7, 11) is 1.40. The fraction of sp³-hybridized carbons (Fsp3) is 0.391. The second-order valence-electron chi connectivity index (χ2n) is 8.25. The van der Waals surface area contributed by atoms with Crippen LogP contribution in [0.15, 0.2) is 36.9 Å². The van der Waals surface area contributed by atoms with E-state index in [1.54, 1.807) is 17.3 Å². The Hall–Kier alpha value is -3.42. The van der Waals surface area contributed by atoms with E-state index in [0.717, 1.165) is 53.6 Å². The summed E-state index contributed by atoms with van der Waals surface area (Å²) in [4.78, 5) is 22.9. The van der Waals surface area contributed by atoms with E-state index >= 15 is 0 Å². The van der Waals surface area contributed by atoms with Crippen LogP contribution in [0.4, 0.5) is 10.5 Å². The normalized spacial score (nSPS) is 17.9. The third-order valence-corrected chi connectivity index (χ3v) is 5.90. The minimum Gasteiger partial charge on any atom is -0.452 e. The molecule has 0 bridgehead atoms. The zero-order valence-corrected chi connectivity index (χ0v) is 17.9.